The molecule has 1 heterocycles. The summed E-state index contributed by atoms with van der Waals surface area (Å²) in [5.41, 5.74) is 2.42. The third-order valence-corrected chi connectivity index (χ3v) is 3.88. The van der Waals surface area contributed by atoms with Gasteiger partial charge in [0.1, 0.15) is 0 Å². The van der Waals surface area contributed by atoms with Crippen molar-refractivity contribution in [2.45, 2.75) is 24.9 Å². The first-order valence-electron chi connectivity index (χ1n) is 6.05. The lowest BCUT2D eigenvalue weighted by atomic mass is 10.0. The van der Waals surface area contributed by atoms with Gasteiger partial charge in [-0.25, -0.2) is 4.98 Å². The fourth-order valence-corrected chi connectivity index (χ4v) is 2.52. The fourth-order valence-electron chi connectivity index (χ4n) is 1.93. The molecule has 1 aromatic carbocycles. The second-order valence-electron chi connectivity index (χ2n) is 4.12. The van der Waals surface area contributed by atoms with Crippen LogP contribution >= 0.6 is 23.4 Å². The molecule has 0 aliphatic rings. The van der Waals surface area contributed by atoms with Crippen LogP contribution in [0.1, 0.15) is 23.7 Å². The van der Waals surface area contributed by atoms with Crippen molar-refractivity contribution in [3.05, 3.63) is 56.5 Å². The van der Waals surface area contributed by atoms with E-state index in [0.717, 1.165) is 17.7 Å². The van der Waals surface area contributed by atoms with Gasteiger partial charge in [-0.15, -0.1) is 0 Å². The zero-order chi connectivity index (χ0) is 13.8. The van der Waals surface area contributed by atoms with Gasteiger partial charge in [0, 0.05) is 17.0 Å². The van der Waals surface area contributed by atoms with Crippen LogP contribution in [-0.2, 0) is 12.8 Å². The fraction of sp³-hybridized carbons (Fsp3) is 0.286. The molecule has 5 heteroatoms. The second-order valence-corrected chi connectivity index (χ2v) is 5.32. The average molecular weight is 295 g/mol. The van der Waals surface area contributed by atoms with Crippen molar-refractivity contribution in [2.24, 2.45) is 0 Å². The summed E-state index contributed by atoms with van der Waals surface area (Å²) in [7, 11) is 0. The maximum absolute atomic E-state index is 12.1. The Morgan fingerprint density at radius 1 is 1.37 bits per heavy atom. The minimum atomic E-state index is -0.0730. The summed E-state index contributed by atoms with van der Waals surface area (Å²) in [5, 5.41) is 1.34. The van der Waals surface area contributed by atoms with E-state index in [9.17, 15) is 4.79 Å². The predicted octanol–water partition coefficient (Wildman–Crippen LogP) is 3.30. The van der Waals surface area contributed by atoms with Crippen LogP contribution in [0.15, 0.2) is 34.2 Å². The molecular weight excluding hydrogens is 280 g/mol. The van der Waals surface area contributed by atoms with Crippen molar-refractivity contribution < 1.29 is 0 Å². The number of benzene rings is 1. The number of halogens is 1. The lowest BCUT2D eigenvalue weighted by Crippen LogP contribution is -2.19. The van der Waals surface area contributed by atoms with E-state index in [4.69, 9.17) is 11.6 Å². The Balaban J connectivity index is 2.45. The highest BCUT2D eigenvalue weighted by atomic mass is 35.5. The molecule has 0 fully saturated rings. The molecule has 0 amide bonds. The van der Waals surface area contributed by atoms with E-state index in [1.165, 1.54) is 11.8 Å². The number of aryl methyl sites for hydroxylation is 1. The Hall–Kier alpha value is -1.26. The number of thioether (sulfide) groups is 1. The predicted molar refractivity (Wildman–Crippen MR) is 80.3 cm³/mol. The van der Waals surface area contributed by atoms with Crippen molar-refractivity contribution in [2.75, 3.05) is 6.26 Å². The zero-order valence-electron chi connectivity index (χ0n) is 10.9. The van der Waals surface area contributed by atoms with E-state index in [-0.39, 0.29) is 5.56 Å². The highest BCUT2D eigenvalue weighted by Crippen LogP contribution is 2.19. The van der Waals surface area contributed by atoms with Gasteiger partial charge in [0.15, 0.2) is 5.16 Å². The summed E-state index contributed by atoms with van der Waals surface area (Å²) in [6, 6.07) is 7.57. The molecule has 1 N–H and O–H groups in total. The van der Waals surface area contributed by atoms with Gasteiger partial charge < -0.3 is 4.98 Å². The van der Waals surface area contributed by atoms with Gasteiger partial charge >= 0.3 is 0 Å². The molecule has 0 saturated heterocycles. The summed E-state index contributed by atoms with van der Waals surface area (Å²) in [6.45, 7) is 2.00. The zero-order valence-corrected chi connectivity index (χ0v) is 12.4. The topological polar surface area (TPSA) is 45.8 Å². The summed E-state index contributed by atoms with van der Waals surface area (Å²) in [6.07, 6.45) is 3.14. The van der Waals surface area contributed by atoms with E-state index in [0.29, 0.717) is 22.2 Å². The SMILES string of the molecule is CCc1nc(SC)[nH]c(=O)c1Cc1ccccc1Cl. The Kier molecular flexibility index (Phi) is 4.66. The number of hydrogen-bond acceptors (Lipinski definition) is 3. The molecule has 0 radical (unpaired) electrons. The number of H-pyrrole nitrogens is 1. The lowest BCUT2D eigenvalue weighted by Gasteiger charge is -2.09. The number of rotatable bonds is 4. The number of nitrogens with one attached hydrogen (secondary N) is 1. The molecule has 100 valence electrons. The normalized spacial score (nSPS) is 10.7. The summed E-state index contributed by atoms with van der Waals surface area (Å²) in [4.78, 5) is 19.4. The molecule has 0 spiro atoms. The van der Waals surface area contributed by atoms with Gasteiger partial charge in [-0.2, -0.15) is 0 Å². The van der Waals surface area contributed by atoms with Gasteiger partial charge in [0.2, 0.25) is 0 Å². The standard InChI is InChI=1S/C14H15ClN2OS/c1-3-12-10(13(18)17-14(16-12)19-2)8-9-6-4-5-7-11(9)15/h4-7H,3,8H2,1-2H3,(H,16,17,18). The highest BCUT2D eigenvalue weighted by Gasteiger charge is 2.12. The third kappa shape index (κ3) is 3.19. The molecule has 0 aliphatic heterocycles. The molecule has 0 saturated carbocycles. The Bertz CT molecular complexity index is 640. The van der Waals surface area contributed by atoms with Crippen molar-refractivity contribution >= 4 is 23.4 Å². The molecular formula is C14H15ClN2OS. The molecule has 0 atom stereocenters. The van der Waals surface area contributed by atoms with Crippen molar-refractivity contribution in [3.8, 4) is 0 Å². The van der Waals surface area contributed by atoms with Crippen LogP contribution in [0.25, 0.3) is 0 Å². The van der Waals surface area contributed by atoms with Gasteiger partial charge in [-0.05, 0) is 24.3 Å². The molecule has 2 rings (SSSR count). The summed E-state index contributed by atoms with van der Waals surface area (Å²) >= 11 is 7.58. The largest absolute Gasteiger partial charge is 0.301 e. The Morgan fingerprint density at radius 2 is 2.11 bits per heavy atom. The molecule has 1 aromatic heterocycles. The third-order valence-electron chi connectivity index (χ3n) is 2.93. The summed E-state index contributed by atoms with van der Waals surface area (Å²) in [5.74, 6) is 0. The van der Waals surface area contributed by atoms with Gasteiger partial charge in [-0.3, -0.25) is 4.79 Å². The molecule has 0 unspecified atom stereocenters. The molecule has 2 aromatic rings. The first-order chi connectivity index (χ1) is 9.15. The van der Waals surface area contributed by atoms with Crippen molar-refractivity contribution in [3.63, 3.8) is 0 Å². The van der Waals surface area contributed by atoms with E-state index in [1.54, 1.807) is 0 Å². The van der Waals surface area contributed by atoms with Gasteiger partial charge in [0.25, 0.3) is 5.56 Å². The maximum atomic E-state index is 12.1. The van der Waals surface area contributed by atoms with E-state index in [1.807, 2.05) is 37.4 Å². The van der Waals surface area contributed by atoms with E-state index < -0.39 is 0 Å². The first kappa shape index (κ1) is 14.2. The van der Waals surface area contributed by atoms with Crippen LogP contribution in [0.5, 0.6) is 0 Å². The van der Waals surface area contributed by atoms with E-state index >= 15 is 0 Å². The van der Waals surface area contributed by atoms with Crippen molar-refractivity contribution in [1.82, 2.24) is 9.97 Å². The van der Waals surface area contributed by atoms with E-state index in [2.05, 4.69) is 9.97 Å². The van der Waals surface area contributed by atoms with Crippen LogP contribution in [0.4, 0.5) is 0 Å². The minimum absolute atomic E-state index is 0.0730. The van der Waals surface area contributed by atoms with Crippen LogP contribution in [-0.4, -0.2) is 16.2 Å². The van der Waals surface area contributed by atoms with Crippen LogP contribution in [0, 0.1) is 0 Å². The summed E-state index contributed by atoms with van der Waals surface area (Å²) < 4.78 is 0. The molecule has 19 heavy (non-hydrogen) atoms. The van der Waals surface area contributed by atoms with Crippen molar-refractivity contribution in [1.29, 1.82) is 0 Å². The van der Waals surface area contributed by atoms with Crippen LogP contribution < -0.4 is 5.56 Å². The molecule has 3 nitrogen and oxygen atoms in total. The van der Waals surface area contributed by atoms with Crippen LogP contribution in [0.2, 0.25) is 5.02 Å². The Labute approximate surface area is 121 Å². The number of hydrogen-bond donors (Lipinski definition) is 1. The number of aromatic amines is 1. The smallest absolute Gasteiger partial charge is 0.255 e. The van der Waals surface area contributed by atoms with Gasteiger partial charge in [-0.1, -0.05) is 48.5 Å². The Morgan fingerprint density at radius 3 is 2.74 bits per heavy atom. The highest BCUT2D eigenvalue weighted by molar-refractivity contribution is 7.98. The number of nitrogens with zero attached hydrogens (tertiary/aromatic N) is 1. The van der Waals surface area contributed by atoms with Crippen LogP contribution in [0.3, 0.4) is 0 Å². The molecule has 0 bridgehead atoms. The maximum Gasteiger partial charge on any atom is 0.255 e. The minimum Gasteiger partial charge on any atom is -0.301 e. The second kappa shape index (κ2) is 6.26. The lowest BCUT2D eigenvalue weighted by molar-refractivity contribution is 0.833. The molecule has 0 aliphatic carbocycles. The quantitative estimate of drug-likeness (QED) is 0.695. The number of aromatic nitrogens is 2. The monoisotopic (exact) mass is 294 g/mol. The first-order valence-corrected chi connectivity index (χ1v) is 7.65. The average Bonchev–Trinajstić information content (AvgIpc) is 2.42. The van der Waals surface area contributed by atoms with Gasteiger partial charge in [0.05, 0.1) is 5.69 Å².